The highest BCUT2D eigenvalue weighted by atomic mass is 16.5. The molecule has 1 atom stereocenters. The zero-order valence-electron chi connectivity index (χ0n) is 19.0. The van der Waals surface area contributed by atoms with Crippen LogP contribution in [0.1, 0.15) is 41.3 Å². The molecular weight excluding hydrogens is 442 g/mol. The number of rotatable bonds is 10. The molecule has 0 radical (unpaired) electrons. The number of nitrogen functional groups attached to an aromatic ring is 1. The maximum Gasteiger partial charge on any atom is 0.328 e. The topological polar surface area (TPSA) is 169 Å². The molecule has 1 aromatic carbocycles. The third kappa shape index (κ3) is 6.00. The van der Waals surface area contributed by atoms with Gasteiger partial charge in [0.25, 0.3) is 11.5 Å². The zero-order valence-corrected chi connectivity index (χ0v) is 19.0. The van der Waals surface area contributed by atoms with Gasteiger partial charge in [0.05, 0.1) is 19.1 Å². The van der Waals surface area contributed by atoms with Crippen molar-refractivity contribution < 1.29 is 23.9 Å². The molecule has 0 aliphatic rings. The number of aryl methyl sites for hydroxylation is 2. The lowest BCUT2D eigenvalue weighted by molar-refractivity contribution is -0.145. The third-order valence-electron chi connectivity index (χ3n) is 5.27. The number of carbonyl (C=O) groups excluding carboxylic acids is 3. The van der Waals surface area contributed by atoms with E-state index >= 15 is 0 Å². The first kappa shape index (κ1) is 24.5. The molecule has 2 aromatic heterocycles. The lowest BCUT2D eigenvalue weighted by atomic mass is 10.0. The Kier molecular flexibility index (Phi) is 8.01. The number of hydrogen-bond acceptors (Lipinski definition) is 8. The first-order chi connectivity index (χ1) is 16.3. The summed E-state index contributed by atoms with van der Waals surface area (Å²) in [5.74, 6) is -1.50. The van der Waals surface area contributed by atoms with Gasteiger partial charge < -0.3 is 25.5 Å². The Balaban J connectivity index is 1.61. The van der Waals surface area contributed by atoms with Gasteiger partial charge in [-0.05, 0) is 49.4 Å². The second-order valence-electron chi connectivity index (χ2n) is 7.58. The second-order valence-corrected chi connectivity index (χ2v) is 7.58. The number of aromatic amines is 2. The molecule has 1 amide bonds. The molecule has 0 saturated heterocycles. The zero-order chi connectivity index (χ0) is 24.7. The highest BCUT2D eigenvalue weighted by Crippen LogP contribution is 2.16. The van der Waals surface area contributed by atoms with Crippen LogP contribution in [0.25, 0.3) is 11.0 Å². The monoisotopic (exact) mass is 469 g/mol. The molecule has 0 bridgehead atoms. The van der Waals surface area contributed by atoms with Crippen LogP contribution in [0.4, 0.5) is 5.95 Å². The summed E-state index contributed by atoms with van der Waals surface area (Å²) >= 11 is 0. The molecule has 0 aliphatic carbocycles. The number of carbonyl (C=O) groups is 3. The van der Waals surface area contributed by atoms with Crippen LogP contribution in [0.3, 0.4) is 0 Å². The number of benzene rings is 1. The number of anilines is 1. The summed E-state index contributed by atoms with van der Waals surface area (Å²) in [5.41, 5.74) is 7.84. The highest BCUT2D eigenvalue weighted by Gasteiger charge is 2.23. The number of nitrogens with zero attached hydrogens (tertiary/aromatic N) is 1. The number of fused-ring (bicyclic) bond motifs is 1. The number of aromatic nitrogens is 3. The van der Waals surface area contributed by atoms with E-state index in [4.69, 9.17) is 15.2 Å². The summed E-state index contributed by atoms with van der Waals surface area (Å²) < 4.78 is 9.59. The van der Waals surface area contributed by atoms with Gasteiger partial charge in [-0.1, -0.05) is 12.1 Å². The van der Waals surface area contributed by atoms with Crippen LogP contribution in [0.5, 0.6) is 0 Å². The van der Waals surface area contributed by atoms with E-state index in [2.05, 4.69) is 20.3 Å². The minimum atomic E-state index is -0.968. The fraction of sp³-hybridized carbons (Fsp3) is 0.348. The molecule has 5 N–H and O–H groups in total. The second kappa shape index (κ2) is 11.1. The van der Waals surface area contributed by atoms with E-state index in [0.29, 0.717) is 29.4 Å². The first-order valence-corrected chi connectivity index (χ1v) is 10.8. The number of H-pyrrole nitrogens is 2. The van der Waals surface area contributed by atoms with E-state index in [0.717, 1.165) is 11.1 Å². The molecule has 180 valence electrons. The molecular formula is C23H27N5O6. The normalized spacial score (nSPS) is 11.7. The van der Waals surface area contributed by atoms with Gasteiger partial charge in [0, 0.05) is 18.2 Å². The van der Waals surface area contributed by atoms with Crippen LogP contribution < -0.4 is 16.6 Å². The molecule has 0 saturated carbocycles. The minimum absolute atomic E-state index is 0.0222. The summed E-state index contributed by atoms with van der Waals surface area (Å²) in [4.78, 5) is 57.9. The van der Waals surface area contributed by atoms with Crippen LogP contribution in [-0.2, 0) is 31.9 Å². The minimum Gasteiger partial charge on any atom is -0.467 e. The maximum absolute atomic E-state index is 12.6. The third-order valence-corrected chi connectivity index (χ3v) is 5.27. The van der Waals surface area contributed by atoms with Crippen molar-refractivity contribution in [2.75, 3.05) is 19.5 Å². The summed E-state index contributed by atoms with van der Waals surface area (Å²) in [7, 11) is 1.22. The molecule has 0 aliphatic heterocycles. The van der Waals surface area contributed by atoms with Crippen LogP contribution >= 0.6 is 0 Å². The van der Waals surface area contributed by atoms with Crippen molar-refractivity contribution in [3.63, 3.8) is 0 Å². The average Bonchev–Trinajstić information content (AvgIpc) is 3.23. The SMILES string of the molecule is CCOC(=O)CC[C@H](NC(=O)c1ccc(CCc2c[nH]c3nc(N)[nH]c(=O)c23)cc1)C(=O)OC. The number of amides is 1. The number of nitrogens with two attached hydrogens (primary N) is 1. The van der Waals surface area contributed by atoms with E-state index in [1.54, 1.807) is 37.4 Å². The summed E-state index contributed by atoms with van der Waals surface area (Å²) in [6.45, 7) is 1.93. The predicted octanol–water partition coefficient (Wildman–Crippen LogP) is 1.23. The van der Waals surface area contributed by atoms with Crippen LogP contribution in [0.15, 0.2) is 35.3 Å². The Morgan fingerprint density at radius 2 is 1.91 bits per heavy atom. The van der Waals surface area contributed by atoms with Crippen LogP contribution in [0, 0.1) is 0 Å². The fourth-order valence-corrected chi connectivity index (χ4v) is 3.55. The summed E-state index contributed by atoms with van der Waals surface area (Å²) in [6.07, 6.45) is 2.99. The smallest absolute Gasteiger partial charge is 0.328 e. The standard InChI is InChI=1S/C23H27N5O6/c1-3-34-17(29)11-10-16(22(32)33-2)26-20(30)14-7-4-13(5-8-14)6-9-15-12-25-19-18(15)21(31)28-23(24)27-19/h4-5,7-8,12,16H,3,6,9-11H2,1-2H3,(H,26,30)(H4,24,25,27,28,31)/t16-/m0/s1. The highest BCUT2D eigenvalue weighted by molar-refractivity contribution is 5.96. The van der Waals surface area contributed by atoms with Gasteiger partial charge in [-0.3, -0.25) is 19.4 Å². The lowest BCUT2D eigenvalue weighted by Crippen LogP contribution is -2.41. The Hall–Kier alpha value is -4.15. The Bertz CT molecular complexity index is 1230. The average molecular weight is 469 g/mol. The Morgan fingerprint density at radius 1 is 1.18 bits per heavy atom. The van der Waals surface area contributed by atoms with E-state index in [1.807, 2.05) is 0 Å². The van der Waals surface area contributed by atoms with E-state index < -0.39 is 23.9 Å². The fourth-order valence-electron chi connectivity index (χ4n) is 3.55. The van der Waals surface area contributed by atoms with Gasteiger partial charge >= 0.3 is 11.9 Å². The number of ether oxygens (including phenoxy) is 2. The van der Waals surface area contributed by atoms with E-state index in [1.165, 1.54) is 7.11 Å². The molecule has 11 heteroatoms. The number of esters is 2. The number of hydrogen-bond donors (Lipinski definition) is 4. The van der Waals surface area contributed by atoms with E-state index in [9.17, 15) is 19.2 Å². The van der Waals surface area contributed by atoms with Crippen molar-refractivity contribution in [3.05, 3.63) is 57.5 Å². The molecule has 34 heavy (non-hydrogen) atoms. The molecule has 0 spiro atoms. The quantitative estimate of drug-likeness (QED) is 0.321. The molecule has 3 aromatic rings. The molecule has 0 unspecified atom stereocenters. The van der Waals surface area contributed by atoms with Gasteiger partial charge in [-0.25, -0.2) is 4.79 Å². The van der Waals surface area contributed by atoms with Gasteiger partial charge in [0.15, 0.2) is 0 Å². The van der Waals surface area contributed by atoms with Gasteiger partial charge in [0.2, 0.25) is 5.95 Å². The Morgan fingerprint density at radius 3 is 2.59 bits per heavy atom. The summed E-state index contributed by atoms with van der Waals surface area (Å²) in [5, 5.41) is 3.08. The van der Waals surface area contributed by atoms with Crippen molar-refractivity contribution in [3.8, 4) is 0 Å². The lowest BCUT2D eigenvalue weighted by Gasteiger charge is -2.16. The number of nitrogens with one attached hydrogen (secondary N) is 3. The molecule has 0 fully saturated rings. The largest absolute Gasteiger partial charge is 0.467 e. The van der Waals surface area contributed by atoms with Gasteiger partial charge in [0.1, 0.15) is 11.7 Å². The van der Waals surface area contributed by atoms with Crippen molar-refractivity contribution in [1.29, 1.82) is 0 Å². The summed E-state index contributed by atoms with van der Waals surface area (Å²) in [6, 6.07) is 5.93. The molecule has 11 nitrogen and oxygen atoms in total. The van der Waals surface area contributed by atoms with Crippen LogP contribution in [-0.4, -0.2) is 52.6 Å². The maximum atomic E-state index is 12.6. The van der Waals surface area contributed by atoms with Crippen LogP contribution in [0.2, 0.25) is 0 Å². The van der Waals surface area contributed by atoms with Gasteiger partial charge in [-0.2, -0.15) is 4.98 Å². The first-order valence-electron chi connectivity index (χ1n) is 10.8. The van der Waals surface area contributed by atoms with Crippen molar-refractivity contribution >= 4 is 34.8 Å². The molecule has 3 rings (SSSR count). The van der Waals surface area contributed by atoms with Gasteiger partial charge in [-0.15, -0.1) is 0 Å². The Labute approximate surface area is 195 Å². The van der Waals surface area contributed by atoms with Crippen molar-refractivity contribution in [2.24, 2.45) is 0 Å². The van der Waals surface area contributed by atoms with E-state index in [-0.39, 0.29) is 31.0 Å². The number of methoxy groups -OCH3 is 1. The van der Waals surface area contributed by atoms with Crippen molar-refractivity contribution in [1.82, 2.24) is 20.3 Å². The molecule has 2 heterocycles. The predicted molar refractivity (Wildman–Crippen MR) is 124 cm³/mol. The van der Waals surface area contributed by atoms with Crippen molar-refractivity contribution in [2.45, 2.75) is 38.6 Å².